The highest BCUT2D eigenvalue weighted by molar-refractivity contribution is 7.99. The van der Waals surface area contributed by atoms with Gasteiger partial charge in [-0.2, -0.15) is 0 Å². The summed E-state index contributed by atoms with van der Waals surface area (Å²) in [5, 5.41) is 2.70. The van der Waals surface area contributed by atoms with Gasteiger partial charge in [0.05, 0.1) is 7.11 Å². The lowest BCUT2D eigenvalue weighted by Gasteiger charge is -2.24. The van der Waals surface area contributed by atoms with Crippen LogP contribution >= 0.6 is 11.8 Å². The molecule has 1 aliphatic rings. The molecule has 0 aliphatic carbocycles. The van der Waals surface area contributed by atoms with E-state index < -0.39 is 0 Å². The number of carbonyl (C=O) groups is 1. The molecule has 1 aliphatic heterocycles. The molecule has 0 radical (unpaired) electrons. The van der Waals surface area contributed by atoms with Crippen molar-refractivity contribution in [3.63, 3.8) is 0 Å². The summed E-state index contributed by atoms with van der Waals surface area (Å²) in [4.78, 5) is 14.3. The van der Waals surface area contributed by atoms with Crippen LogP contribution in [0.5, 0.6) is 5.75 Å². The zero-order valence-electron chi connectivity index (χ0n) is 12.7. The first-order valence-electron chi connectivity index (χ1n) is 7.26. The molecule has 2 amide bonds. The van der Waals surface area contributed by atoms with Gasteiger partial charge in [0.15, 0.2) is 0 Å². The van der Waals surface area contributed by atoms with Crippen LogP contribution in [0.1, 0.15) is 10.9 Å². The molecule has 1 atom stereocenters. The van der Waals surface area contributed by atoms with Gasteiger partial charge in [0.25, 0.3) is 0 Å². The van der Waals surface area contributed by atoms with Crippen LogP contribution in [-0.2, 0) is 0 Å². The zero-order valence-corrected chi connectivity index (χ0v) is 13.5. The van der Waals surface area contributed by atoms with E-state index in [9.17, 15) is 9.18 Å². The number of methoxy groups -OCH3 is 1. The maximum absolute atomic E-state index is 13.4. The Kier molecular flexibility index (Phi) is 4.71. The molecule has 23 heavy (non-hydrogen) atoms. The molecule has 3 rings (SSSR count). The van der Waals surface area contributed by atoms with E-state index in [4.69, 9.17) is 4.74 Å². The predicted octanol–water partition coefficient (Wildman–Crippen LogP) is 4.11. The van der Waals surface area contributed by atoms with Crippen LogP contribution in [0.4, 0.5) is 14.9 Å². The molecular weight excluding hydrogens is 315 g/mol. The third kappa shape index (κ3) is 3.59. The molecular formula is C17H17FN2O2S. The highest BCUT2D eigenvalue weighted by Gasteiger charge is 2.30. The molecule has 1 saturated heterocycles. The number of hydrogen-bond acceptors (Lipinski definition) is 3. The number of amides is 2. The lowest BCUT2D eigenvalue weighted by molar-refractivity contribution is 0.214. The molecule has 4 nitrogen and oxygen atoms in total. The first-order valence-corrected chi connectivity index (χ1v) is 8.31. The van der Waals surface area contributed by atoms with Gasteiger partial charge in [-0.25, -0.2) is 9.18 Å². The quantitative estimate of drug-likeness (QED) is 0.919. The smallest absolute Gasteiger partial charge is 0.323 e. The fourth-order valence-electron chi connectivity index (χ4n) is 2.51. The van der Waals surface area contributed by atoms with Crippen LogP contribution in [0, 0.1) is 5.82 Å². The third-order valence-electron chi connectivity index (χ3n) is 3.61. The van der Waals surface area contributed by atoms with Gasteiger partial charge < -0.3 is 15.0 Å². The summed E-state index contributed by atoms with van der Waals surface area (Å²) in [7, 11) is 1.58. The Morgan fingerprint density at radius 3 is 2.91 bits per heavy atom. The Morgan fingerprint density at radius 2 is 2.13 bits per heavy atom. The predicted molar refractivity (Wildman–Crippen MR) is 90.3 cm³/mol. The van der Waals surface area contributed by atoms with Crippen molar-refractivity contribution in [2.75, 3.05) is 24.7 Å². The summed E-state index contributed by atoms with van der Waals surface area (Å²) in [5.41, 5.74) is 1.47. The molecule has 0 unspecified atom stereocenters. The molecule has 6 heteroatoms. The number of ether oxygens (including phenoxy) is 1. The fraction of sp³-hybridized carbons (Fsp3) is 0.235. The monoisotopic (exact) mass is 332 g/mol. The van der Waals surface area contributed by atoms with Crippen LogP contribution in [0.3, 0.4) is 0 Å². The van der Waals surface area contributed by atoms with E-state index in [0.717, 1.165) is 11.3 Å². The number of thioether (sulfide) groups is 1. The first-order chi connectivity index (χ1) is 11.2. The number of nitrogens with zero attached hydrogens (tertiary/aromatic N) is 1. The summed E-state index contributed by atoms with van der Waals surface area (Å²) in [6, 6.07) is 13.4. The van der Waals surface area contributed by atoms with Gasteiger partial charge in [-0.05, 0) is 29.8 Å². The van der Waals surface area contributed by atoms with Gasteiger partial charge in [0.1, 0.15) is 16.9 Å². The second-order valence-corrected chi connectivity index (χ2v) is 6.32. The first kappa shape index (κ1) is 15.7. The SMILES string of the molecule is COc1cccc(NC(=O)N2CCS[C@H]2c2cccc(F)c2)c1. The second kappa shape index (κ2) is 6.91. The molecule has 120 valence electrons. The summed E-state index contributed by atoms with van der Waals surface area (Å²) in [6.07, 6.45) is 0. The molecule has 0 aromatic heterocycles. The van der Waals surface area contributed by atoms with E-state index >= 15 is 0 Å². The average Bonchev–Trinajstić information content (AvgIpc) is 3.05. The van der Waals surface area contributed by atoms with Crippen molar-refractivity contribution in [3.8, 4) is 5.75 Å². The lowest BCUT2D eigenvalue weighted by atomic mass is 10.2. The molecule has 1 N–H and O–H groups in total. The zero-order chi connectivity index (χ0) is 16.2. The normalized spacial score (nSPS) is 17.1. The number of carbonyl (C=O) groups excluding carboxylic acids is 1. The van der Waals surface area contributed by atoms with E-state index in [1.165, 1.54) is 12.1 Å². The van der Waals surface area contributed by atoms with E-state index in [-0.39, 0.29) is 17.2 Å². The number of benzene rings is 2. The van der Waals surface area contributed by atoms with Crippen molar-refractivity contribution in [3.05, 3.63) is 59.9 Å². The highest BCUT2D eigenvalue weighted by Crippen LogP contribution is 2.38. The highest BCUT2D eigenvalue weighted by atomic mass is 32.2. The van der Waals surface area contributed by atoms with Crippen LogP contribution in [0.25, 0.3) is 0 Å². The van der Waals surface area contributed by atoms with Crippen LogP contribution in [0.15, 0.2) is 48.5 Å². The minimum absolute atomic E-state index is 0.170. The van der Waals surface area contributed by atoms with Crippen LogP contribution in [-0.4, -0.2) is 30.3 Å². The van der Waals surface area contributed by atoms with Gasteiger partial charge in [0.2, 0.25) is 0 Å². The molecule has 2 aromatic carbocycles. The standard InChI is InChI=1S/C17H17FN2O2S/c1-22-15-7-3-6-14(11-15)19-17(21)20-8-9-23-16(20)12-4-2-5-13(18)10-12/h2-7,10-11,16H,8-9H2,1H3,(H,19,21)/t16-/m0/s1. The molecule has 0 spiro atoms. The maximum Gasteiger partial charge on any atom is 0.323 e. The van der Waals surface area contributed by atoms with Gasteiger partial charge >= 0.3 is 6.03 Å². The van der Waals surface area contributed by atoms with Crippen molar-refractivity contribution in [1.82, 2.24) is 4.90 Å². The molecule has 1 fully saturated rings. The lowest BCUT2D eigenvalue weighted by Crippen LogP contribution is -2.34. The maximum atomic E-state index is 13.4. The molecule has 0 bridgehead atoms. The summed E-state index contributed by atoms with van der Waals surface area (Å²) in [6.45, 7) is 0.627. The number of rotatable bonds is 3. The van der Waals surface area contributed by atoms with E-state index in [1.807, 2.05) is 18.2 Å². The van der Waals surface area contributed by atoms with Gasteiger partial charge in [-0.3, -0.25) is 0 Å². The Hall–Kier alpha value is -2.21. The third-order valence-corrected chi connectivity index (χ3v) is 4.87. The second-order valence-electron chi connectivity index (χ2n) is 5.13. The number of hydrogen-bond donors (Lipinski definition) is 1. The fourth-order valence-corrected chi connectivity index (χ4v) is 3.76. The number of nitrogens with one attached hydrogen (secondary N) is 1. The van der Waals surface area contributed by atoms with Gasteiger partial charge in [-0.15, -0.1) is 11.8 Å². The van der Waals surface area contributed by atoms with Crippen LogP contribution < -0.4 is 10.1 Å². The van der Waals surface area contributed by atoms with Crippen molar-refractivity contribution in [2.24, 2.45) is 0 Å². The minimum atomic E-state index is -0.289. The minimum Gasteiger partial charge on any atom is -0.497 e. The molecule has 0 saturated carbocycles. The summed E-state index contributed by atoms with van der Waals surface area (Å²) >= 11 is 1.63. The van der Waals surface area contributed by atoms with Crippen molar-refractivity contribution in [1.29, 1.82) is 0 Å². The van der Waals surface area contributed by atoms with Crippen molar-refractivity contribution >= 4 is 23.5 Å². The van der Waals surface area contributed by atoms with Crippen LogP contribution in [0.2, 0.25) is 0 Å². The Balaban J connectivity index is 1.75. The Bertz CT molecular complexity index is 710. The number of halogens is 1. The number of urea groups is 1. The van der Waals surface area contributed by atoms with E-state index in [0.29, 0.717) is 18.0 Å². The van der Waals surface area contributed by atoms with Crippen molar-refractivity contribution in [2.45, 2.75) is 5.37 Å². The molecule has 1 heterocycles. The topological polar surface area (TPSA) is 41.6 Å². The van der Waals surface area contributed by atoms with Crippen molar-refractivity contribution < 1.29 is 13.9 Å². The Labute approximate surface area is 138 Å². The summed E-state index contributed by atoms with van der Waals surface area (Å²) in [5.74, 6) is 1.22. The number of anilines is 1. The largest absolute Gasteiger partial charge is 0.497 e. The van der Waals surface area contributed by atoms with Gasteiger partial charge in [-0.1, -0.05) is 18.2 Å². The summed E-state index contributed by atoms with van der Waals surface area (Å²) < 4.78 is 18.6. The van der Waals surface area contributed by atoms with E-state index in [1.54, 1.807) is 42.0 Å². The van der Waals surface area contributed by atoms with Gasteiger partial charge in [0, 0.05) is 24.1 Å². The molecule has 2 aromatic rings. The average molecular weight is 332 g/mol. The van der Waals surface area contributed by atoms with E-state index in [2.05, 4.69) is 5.32 Å². The Morgan fingerprint density at radius 1 is 1.30 bits per heavy atom.